The molecule has 0 aliphatic heterocycles. The van der Waals surface area contributed by atoms with Crippen LogP contribution in [-0.4, -0.2) is 62.1 Å². The minimum absolute atomic E-state index is 0.112. The Balaban J connectivity index is 5.55. The SMILES string of the molecule is C=CC(=O)/C(=C\N(CC(=NC)C(=C)C)C(C)=O)C(=O)NCCOC. The summed E-state index contributed by atoms with van der Waals surface area (Å²) in [5.41, 5.74) is 1.10. The van der Waals surface area contributed by atoms with Crippen molar-refractivity contribution in [3.05, 3.63) is 36.6 Å². The van der Waals surface area contributed by atoms with E-state index in [9.17, 15) is 14.4 Å². The largest absolute Gasteiger partial charge is 0.383 e. The normalized spacial score (nSPS) is 11.7. The number of carbonyl (C=O) groups excluding carboxylic acids is 3. The summed E-state index contributed by atoms with van der Waals surface area (Å²) in [7, 11) is 3.08. The van der Waals surface area contributed by atoms with E-state index in [1.165, 1.54) is 25.1 Å². The predicted molar refractivity (Wildman–Crippen MR) is 93.7 cm³/mol. The van der Waals surface area contributed by atoms with Gasteiger partial charge in [-0.25, -0.2) is 0 Å². The number of methoxy groups -OCH3 is 1. The molecule has 0 aromatic rings. The van der Waals surface area contributed by atoms with Gasteiger partial charge in [-0.15, -0.1) is 0 Å². The second kappa shape index (κ2) is 11.1. The van der Waals surface area contributed by atoms with Gasteiger partial charge in [0, 0.05) is 33.8 Å². The molecular weight excluding hydrogens is 310 g/mol. The van der Waals surface area contributed by atoms with Gasteiger partial charge in [-0.1, -0.05) is 13.2 Å². The zero-order chi connectivity index (χ0) is 18.7. The molecule has 0 aromatic heterocycles. The van der Waals surface area contributed by atoms with E-state index in [-0.39, 0.29) is 24.6 Å². The van der Waals surface area contributed by atoms with Crippen molar-refractivity contribution in [3.63, 3.8) is 0 Å². The fourth-order valence-electron chi connectivity index (χ4n) is 1.67. The number of ketones is 1. The molecule has 2 amide bonds. The van der Waals surface area contributed by atoms with Crippen molar-refractivity contribution >= 4 is 23.3 Å². The van der Waals surface area contributed by atoms with E-state index < -0.39 is 11.7 Å². The van der Waals surface area contributed by atoms with E-state index >= 15 is 0 Å². The van der Waals surface area contributed by atoms with Gasteiger partial charge in [0.05, 0.1) is 18.9 Å². The van der Waals surface area contributed by atoms with Gasteiger partial charge in [0.1, 0.15) is 5.57 Å². The topological polar surface area (TPSA) is 88.1 Å². The number of allylic oxidation sites excluding steroid dienone is 1. The van der Waals surface area contributed by atoms with Gasteiger partial charge < -0.3 is 15.0 Å². The van der Waals surface area contributed by atoms with Crippen molar-refractivity contribution in [1.82, 2.24) is 10.2 Å². The fraction of sp³-hybridized carbons (Fsp3) is 0.412. The molecule has 0 heterocycles. The van der Waals surface area contributed by atoms with Crippen LogP contribution in [0.15, 0.2) is 41.6 Å². The third-order valence-corrected chi connectivity index (χ3v) is 3.06. The molecule has 7 nitrogen and oxygen atoms in total. The van der Waals surface area contributed by atoms with Crippen LogP contribution in [0.25, 0.3) is 0 Å². The van der Waals surface area contributed by atoms with Crippen LogP contribution >= 0.6 is 0 Å². The van der Waals surface area contributed by atoms with Crippen LogP contribution in [0.3, 0.4) is 0 Å². The lowest BCUT2D eigenvalue weighted by Gasteiger charge is -2.19. The molecule has 7 heteroatoms. The third-order valence-electron chi connectivity index (χ3n) is 3.06. The summed E-state index contributed by atoms with van der Waals surface area (Å²) in [5.74, 6) is -1.52. The Kier molecular flexibility index (Phi) is 9.90. The van der Waals surface area contributed by atoms with Crippen LogP contribution in [0.1, 0.15) is 13.8 Å². The molecule has 0 aliphatic carbocycles. The maximum absolute atomic E-state index is 12.2. The van der Waals surface area contributed by atoms with Crippen LogP contribution in [-0.2, 0) is 19.1 Å². The summed E-state index contributed by atoms with van der Waals surface area (Å²) in [5, 5.41) is 2.55. The van der Waals surface area contributed by atoms with E-state index in [1.54, 1.807) is 14.0 Å². The predicted octanol–water partition coefficient (Wildman–Crippen LogP) is 0.883. The zero-order valence-electron chi connectivity index (χ0n) is 14.7. The number of nitrogens with zero attached hydrogens (tertiary/aromatic N) is 2. The average Bonchev–Trinajstić information content (AvgIpc) is 2.53. The van der Waals surface area contributed by atoms with E-state index in [1.807, 2.05) is 0 Å². The monoisotopic (exact) mass is 335 g/mol. The van der Waals surface area contributed by atoms with Crippen LogP contribution in [0.2, 0.25) is 0 Å². The molecule has 0 saturated heterocycles. The van der Waals surface area contributed by atoms with Crippen molar-refractivity contribution in [1.29, 1.82) is 0 Å². The summed E-state index contributed by atoms with van der Waals surface area (Å²) >= 11 is 0. The van der Waals surface area contributed by atoms with Gasteiger partial charge in [-0.3, -0.25) is 19.4 Å². The maximum Gasteiger partial charge on any atom is 0.256 e. The summed E-state index contributed by atoms with van der Waals surface area (Å²) in [6.07, 6.45) is 2.23. The van der Waals surface area contributed by atoms with Crippen molar-refractivity contribution in [2.75, 3.05) is 33.9 Å². The first kappa shape index (κ1) is 21.5. The molecule has 0 fully saturated rings. The maximum atomic E-state index is 12.2. The number of amides is 2. The molecular formula is C17H25N3O4. The molecule has 0 bridgehead atoms. The second-order valence-corrected chi connectivity index (χ2v) is 4.96. The van der Waals surface area contributed by atoms with Crippen molar-refractivity contribution in [3.8, 4) is 0 Å². The molecule has 1 N–H and O–H groups in total. The van der Waals surface area contributed by atoms with Gasteiger partial charge in [-0.2, -0.15) is 0 Å². The minimum Gasteiger partial charge on any atom is -0.383 e. The molecule has 0 aliphatic rings. The van der Waals surface area contributed by atoms with Gasteiger partial charge in [0.15, 0.2) is 5.78 Å². The Labute approximate surface area is 142 Å². The lowest BCUT2D eigenvalue weighted by atomic mass is 10.1. The van der Waals surface area contributed by atoms with Crippen LogP contribution in [0.5, 0.6) is 0 Å². The number of nitrogens with one attached hydrogen (secondary N) is 1. The Bertz CT molecular complexity index is 576. The number of rotatable bonds is 10. The standard InChI is InChI=1S/C17H25N3O4/c1-7-16(22)14(17(23)19-8-9-24-6)10-20(13(4)21)11-15(18-5)12(2)3/h7,10H,1-2,8-9,11H2,3-6H3,(H,19,23)/b14-10+,18-15?. The molecule has 0 atom stereocenters. The molecule has 132 valence electrons. The summed E-state index contributed by atoms with van der Waals surface area (Å²) in [6, 6.07) is 0. The number of ether oxygens (including phenoxy) is 1. The van der Waals surface area contributed by atoms with E-state index in [4.69, 9.17) is 4.74 Å². The second-order valence-electron chi connectivity index (χ2n) is 4.96. The highest BCUT2D eigenvalue weighted by molar-refractivity contribution is 6.23. The lowest BCUT2D eigenvalue weighted by molar-refractivity contribution is -0.125. The van der Waals surface area contributed by atoms with Crippen molar-refractivity contribution in [2.24, 2.45) is 4.99 Å². The van der Waals surface area contributed by atoms with E-state index in [0.717, 1.165) is 6.08 Å². The Morgan fingerprint density at radius 2 is 1.92 bits per heavy atom. The number of aliphatic imine (C=N–C) groups is 1. The molecule has 0 spiro atoms. The Morgan fingerprint density at radius 1 is 1.29 bits per heavy atom. The Hall–Kier alpha value is -2.54. The van der Waals surface area contributed by atoms with E-state index in [2.05, 4.69) is 23.5 Å². The van der Waals surface area contributed by atoms with Gasteiger partial charge in [-0.05, 0) is 18.6 Å². The van der Waals surface area contributed by atoms with Crippen LogP contribution in [0, 0.1) is 0 Å². The highest BCUT2D eigenvalue weighted by Gasteiger charge is 2.19. The van der Waals surface area contributed by atoms with Crippen molar-refractivity contribution in [2.45, 2.75) is 13.8 Å². The van der Waals surface area contributed by atoms with Crippen molar-refractivity contribution < 1.29 is 19.1 Å². The lowest BCUT2D eigenvalue weighted by Crippen LogP contribution is -2.35. The minimum atomic E-state index is -0.603. The summed E-state index contributed by atoms with van der Waals surface area (Å²) in [4.78, 5) is 41.3. The van der Waals surface area contributed by atoms with Gasteiger partial charge in [0.25, 0.3) is 5.91 Å². The van der Waals surface area contributed by atoms with E-state index in [0.29, 0.717) is 17.9 Å². The number of hydrogen-bond acceptors (Lipinski definition) is 5. The smallest absolute Gasteiger partial charge is 0.256 e. The molecule has 0 saturated carbocycles. The molecule has 0 rings (SSSR count). The molecule has 0 aromatic carbocycles. The number of hydrogen-bond donors (Lipinski definition) is 1. The zero-order valence-corrected chi connectivity index (χ0v) is 14.7. The van der Waals surface area contributed by atoms with Gasteiger partial charge >= 0.3 is 0 Å². The van der Waals surface area contributed by atoms with Gasteiger partial charge in [0.2, 0.25) is 5.91 Å². The first-order valence-electron chi connectivity index (χ1n) is 7.32. The summed E-state index contributed by atoms with van der Waals surface area (Å²) < 4.78 is 4.84. The Morgan fingerprint density at radius 3 is 2.33 bits per heavy atom. The fourth-order valence-corrected chi connectivity index (χ4v) is 1.67. The third kappa shape index (κ3) is 7.15. The molecule has 24 heavy (non-hydrogen) atoms. The average molecular weight is 335 g/mol. The number of carbonyl (C=O) groups is 3. The van der Waals surface area contributed by atoms with Crippen LogP contribution in [0.4, 0.5) is 0 Å². The summed E-state index contributed by atoms with van der Waals surface area (Å²) in [6.45, 7) is 10.9. The first-order valence-corrected chi connectivity index (χ1v) is 7.32. The molecule has 0 unspecified atom stereocenters. The molecule has 0 radical (unpaired) electrons. The first-order chi connectivity index (χ1) is 11.3. The highest BCUT2D eigenvalue weighted by Crippen LogP contribution is 2.06. The quantitative estimate of drug-likeness (QED) is 0.211. The van der Waals surface area contributed by atoms with Crippen LogP contribution < -0.4 is 5.32 Å². The highest BCUT2D eigenvalue weighted by atomic mass is 16.5.